The van der Waals surface area contributed by atoms with Gasteiger partial charge in [0.05, 0.1) is 6.61 Å². The average molecular weight is 248 g/mol. The van der Waals surface area contributed by atoms with Gasteiger partial charge in [-0.2, -0.15) is 0 Å². The van der Waals surface area contributed by atoms with E-state index in [4.69, 9.17) is 5.11 Å². The highest BCUT2D eigenvalue weighted by Gasteiger charge is 2.05. The Kier molecular flexibility index (Phi) is 6.11. The van der Waals surface area contributed by atoms with Crippen LogP contribution in [0.15, 0.2) is 36.9 Å². The first kappa shape index (κ1) is 14.4. The number of nitrogens with zero attached hydrogens (tertiary/aromatic N) is 1. The van der Waals surface area contributed by atoms with Crippen LogP contribution in [0.3, 0.4) is 0 Å². The van der Waals surface area contributed by atoms with Gasteiger partial charge in [-0.1, -0.05) is 18.2 Å². The van der Waals surface area contributed by atoms with Crippen molar-refractivity contribution in [3.63, 3.8) is 0 Å². The highest BCUT2D eigenvalue weighted by molar-refractivity contribution is 5.93. The van der Waals surface area contributed by atoms with E-state index in [1.165, 1.54) is 0 Å². The Morgan fingerprint density at radius 1 is 1.44 bits per heavy atom. The predicted octanol–water partition coefficient (Wildman–Crippen LogP) is 1.03. The molecule has 4 heteroatoms. The number of amides is 1. The van der Waals surface area contributed by atoms with Gasteiger partial charge in [0.2, 0.25) is 0 Å². The van der Waals surface area contributed by atoms with Gasteiger partial charge in [0, 0.05) is 32.2 Å². The van der Waals surface area contributed by atoms with Crippen molar-refractivity contribution in [1.29, 1.82) is 0 Å². The molecule has 0 aliphatic carbocycles. The fourth-order valence-corrected chi connectivity index (χ4v) is 1.72. The molecule has 2 N–H and O–H groups in total. The second kappa shape index (κ2) is 7.63. The summed E-state index contributed by atoms with van der Waals surface area (Å²) in [6, 6.07) is 7.47. The molecule has 0 unspecified atom stereocenters. The summed E-state index contributed by atoms with van der Waals surface area (Å²) in [5, 5.41) is 11.5. The number of carbonyl (C=O) groups excluding carboxylic acids is 1. The van der Waals surface area contributed by atoms with Crippen LogP contribution in [0, 0.1) is 0 Å². The van der Waals surface area contributed by atoms with Gasteiger partial charge in [0.1, 0.15) is 0 Å². The zero-order valence-corrected chi connectivity index (χ0v) is 10.7. The van der Waals surface area contributed by atoms with Crippen LogP contribution in [0.2, 0.25) is 0 Å². The van der Waals surface area contributed by atoms with Gasteiger partial charge in [-0.25, -0.2) is 0 Å². The lowest BCUT2D eigenvalue weighted by atomic mass is 10.1. The molecule has 4 nitrogen and oxygen atoms in total. The van der Waals surface area contributed by atoms with E-state index in [9.17, 15) is 4.79 Å². The monoisotopic (exact) mass is 248 g/mol. The zero-order chi connectivity index (χ0) is 13.4. The van der Waals surface area contributed by atoms with Crippen LogP contribution in [0.5, 0.6) is 0 Å². The molecule has 0 radical (unpaired) electrons. The molecule has 18 heavy (non-hydrogen) atoms. The number of hydrogen-bond acceptors (Lipinski definition) is 3. The topological polar surface area (TPSA) is 52.6 Å². The normalized spacial score (nSPS) is 10.4. The largest absolute Gasteiger partial charge is 0.395 e. The lowest BCUT2D eigenvalue weighted by molar-refractivity contribution is 0.0963. The summed E-state index contributed by atoms with van der Waals surface area (Å²) in [4.78, 5) is 13.5. The third-order valence-electron chi connectivity index (χ3n) is 2.65. The van der Waals surface area contributed by atoms with E-state index in [2.05, 4.69) is 16.8 Å². The Balaban J connectivity index is 2.66. The molecule has 98 valence electrons. The van der Waals surface area contributed by atoms with E-state index < -0.39 is 0 Å². The summed E-state index contributed by atoms with van der Waals surface area (Å²) in [5.74, 6) is -0.0835. The Morgan fingerprint density at radius 3 is 2.61 bits per heavy atom. The van der Waals surface area contributed by atoms with Crippen molar-refractivity contribution < 1.29 is 9.90 Å². The average Bonchev–Trinajstić information content (AvgIpc) is 2.39. The molecule has 0 heterocycles. The summed E-state index contributed by atoms with van der Waals surface area (Å²) in [6.07, 6.45) is 1.81. The number of aliphatic hydroxyl groups excluding tert-OH is 1. The van der Waals surface area contributed by atoms with E-state index in [0.717, 1.165) is 18.7 Å². The van der Waals surface area contributed by atoms with Crippen LogP contribution >= 0.6 is 0 Å². The summed E-state index contributed by atoms with van der Waals surface area (Å²) < 4.78 is 0. The number of benzene rings is 1. The number of aliphatic hydroxyl groups is 1. The molecule has 0 aliphatic rings. The third kappa shape index (κ3) is 4.31. The maximum atomic E-state index is 11.4. The Bertz CT molecular complexity index is 387. The SMILES string of the molecule is C=CCN(CCO)Cc1ccc(C(=O)NC)cc1. The number of carbonyl (C=O) groups is 1. The minimum Gasteiger partial charge on any atom is -0.395 e. The first-order valence-electron chi connectivity index (χ1n) is 5.96. The van der Waals surface area contributed by atoms with Crippen molar-refractivity contribution >= 4 is 5.91 Å². The van der Waals surface area contributed by atoms with E-state index in [-0.39, 0.29) is 12.5 Å². The standard InChI is InChI=1S/C14H20N2O2/c1-3-8-16(9-10-17)11-12-4-6-13(7-5-12)14(18)15-2/h3-7,17H,1,8-11H2,2H3,(H,15,18). The number of hydrogen-bond donors (Lipinski definition) is 2. The molecule has 0 fully saturated rings. The van der Waals surface area contributed by atoms with Crippen molar-refractivity contribution in [3.8, 4) is 0 Å². The lowest BCUT2D eigenvalue weighted by Gasteiger charge is -2.19. The van der Waals surface area contributed by atoms with E-state index in [1.807, 2.05) is 18.2 Å². The Labute approximate surface area is 108 Å². The van der Waals surface area contributed by atoms with Crippen molar-refractivity contribution in [2.45, 2.75) is 6.54 Å². The maximum Gasteiger partial charge on any atom is 0.251 e. The smallest absolute Gasteiger partial charge is 0.251 e. The molecule has 0 bridgehead atoms. The predicted molar refractivity (Wildman–Crippen MR) is 72.4 cm³/mol. The molecule has 1 rings (SSSR count). The fraction of sp³-hybridized carbons (Fsp3) is 0.357. The van der Waals surface area contributed by atoms with Crippen molar-refractivity contribution in [2.24, 2.45) is 0 Å². The summed E-state index contributed by atoms with van der Waals surface area (Å²) in [7, 11) is 1.61. The Morgan fingerprint density at radius 2 is 2.11 bits per heavy atom. The minimum absolute atomic E-state index is 0.0835. The van der Waals surface area contributed by atoms with Crippen LogP contribution in [0.1, 0.15) is 15.9 Å². The molecule has 0 saturated heterocycles. The van der Waals surface area contributed by atoms with E-state index in [1.54, 1.807) is 19.2 Å². The summed E-state index contributed by atoms with van der Waals surface area (Å²) in [6.45, 7) is 5.91. The minimum atomic E-state index is -0.0835. The number of nitrogens with one attached hydrogen (secondary N) is 1. The summed E-state index contributed by atoms with van der Waals surface area (Å²) in [5.41, 5.74) is 1.76. The molecule has 0 saturated carbocycles. The molecular formula is C14H20N2O2. The van der Waals surface area contributed by atoms with Crippen LogP contribution in [0.25, 0.3) is 0 Å². The molecule has 0 atom stereocenters. The third-order valence-corrected chi connectivity index (χ3v) is 2.65. The van der Waals surface area contributed by atoms with Crippen LogP contribution in [0.4, 0.5) is 0 Å². The highest BCUT2D eigenvalue weighted by atomic mass is 16.3. The van der Waals surface area contributed by atoms with Gasteiger partial charge in [-0.05, 0) is 17.7 Å². The molecule has 1 amide bonds. The fourth-order valence-electron chi connectivity index (χ4n) is 1.72. The second-order valence-corrected chi connectivity index (χ2v) is 4.02. The van der Waals surface area contributed by atoms with E-state index >= 15 is 0 Å². The highest BCUT2D eigenvalue weighted by Crippen LogP contribution is 2.07. The summed E-state index contributed by atoms with van der Waals surface area (Å²) >= 11 is 0. The molecule has 1 aromatic carbocycles. The van der Waals surface area contributed by atoms with Crippen LogP contribution in [-0.2, 0) is 6.54 Å². The molecular weight excluding hydrogens is 228 g/mol. The quantitative estimate of drug-likeness (QED) is 0.709. The molecule has 0 spiro atoms. The first-order chi connectivity index (χ1) is 8.71. The molecule has 0 aromatic heterocycles. The molecule has 0 aliphatic heterocycles. The van der Waals surface area contributed by atoms with E-state index in [0.29, 0.717) is 12.1 Å². The Hall–Kier alpha value is -1.65. The lowest BCUT2D eigenvalue weighted by Crippen LogP contribution is -2.26. The van der Waals surface area contributed by atoms with Crippen molar-refractivity contribution in [3.05, 3.63) is 48.0 Å². The van der Waals surface area contributed by atoms with Gasteiger partial charge >= 0.3 is 0 Å². The van der Waals surface area contributed by atoms with Crippen LogP contribution in [-0.4, -0.2) is 42.7 Å². The maximum absolute atomic E-state index is 11.4. The van der Waals surface area contributed by atoms with Gasteiger partial charge in [-0.15, -0.1) is 6.58 Å². The van der Waals surface area contributed by atoms with Gasteiger partial charge in [-0.3, -0.25) is 9.69 Å². The molecule has 1 aromatic rings. The van der Waals surface area contributed by atoms with Crippen molar-refractivity contribution in [1.82, 2.24) is 10.2 Å². The van der Waals surface area contributed by atoms with Gasteiger partial charge in [0.25, 0.3) is 5.91 Å². The first-order valence-corrected chi connectivity index (χ1v) is 5.96. The van der Waals surface area contributed by atoms with Gasteiger partial charge < -0.3 is 10.4 Å². The van der Waals surface area contributed by atoms with Gasteiger partial charge in [0.15, 0.2) is 0 Å². The second-order valence-electron chi connectivity index (χ2n) is 4.02. The zero-order valence-electron chi connectivity index (χ0n) is 10.7. The van der Waals surface area contributed by atoms with Crippen molar-refractivity contribution in [2.75, 3.05) is 26.7 Å². The van der Waals surface area contributed by atoms with Crippen LogP contribution < -0.4 is 5.32 Å². The number of rotatable bonds is 7.